The van der Waals surface area contributed by atoms with Crippen LogP contribution in [0.1, 0.15) is 39.5 Å². The van der Waals surface area contributed by atoms with E-state index in [1.807, 2.05) is 0 Å². The fourth-order valence-corrected chi connectivity index (χ4v) is 4.37. The Bertz CT molecular complexity index is 386. The molecule has 5 nitrogen and oxygen atoms in total. The Hall–Kier alpha value is -0.490. The summed E-state index contributed by atoms with van der Waals surface area (Å²) in [5.74, 6) is 2.03. The molecule has 0 radical (unpaired) electrons. The molecular weight excluding hydrogens is 324 g/mol. The second-order valence-corrected chi connectivity index (χ2v) is 9.40. The Labute approximate surface area is 161 Å². The third kappa shape index (κ3) is 6.29. The second-order valence-electron chi connectivity index (χ2n) is 9.40. The minimum absolute atomic E-state index is 0.0294. The Morgan fingerprint density at radius 2 is 1.08 bits per heavy atom. The van der Waals surface area contributed by atoms with Crippen molar-refractivity contribution < 1.29 is 4.79 Å². The maximum Gasteiger partial charge on any atom is 0.169 e. The molecule has 0 spiro atoms. The van der Waals surface area contributed by atoms with E-state index in [1.165, 1.54) is 25.7 Å². The van der Waals surface area contributed by atoms with E-state index in [0.29, 0.717) is 5.78 Å². The van der Waals surface area contributed by atoms with Gasteiger partial charge in [0.2, 0.25) is 0 Å². The zero-order valence-electron chi connectivity index (χ0n) is 18.1. The molecule has 26 heavy (non-hydrogen) atoms. The number of likely N-dealkylation sites (N-methyl/N-ethyl adjacent to an activating group) is 2. The maximum atomic E-state index is 13.7. The van der Waals surface area contributed by atoms with Gasteiger partial charge in [0.15, 0.2) is 5.78 Å². The van der Waals surface area contributed by atoms with Gasteiger partial charge < -0.3 is 9.80 Å². The molecule has 2 heterocycles. The molecule has 0 aromatic rings. The van der Waals surface area contributed by atoms with E-state index >= 15 is 0 Å². The van der Waals surface area contributed by atoms with Gasteiger partial charge in [-0.05, 0) is 91.9 Å². The molecule has 0 amide bonds. The monoisotopic (exact) mass is 366 g/mol. The van der Waals surface area contributed by atoms with Gasteiger partial charge in [-0.2, -0.15) is 0 Å². The molecule has 0 aliphatic carbocycles. The number of piperidine rings is 2. The molecule has 2 unspecified atom stereocenters. The number of hydrogen-bond donors (Lipinski definition) is 0. The predicted octanol–water partition coefficient (Wildman–Crippen LogP) is 1.88. The van der Waals surface area contributed by atoms with Crippen LogP contribution in [-0.4, -0.2) is 105 Å². The number of carbonyl (C=O) groups is 1. The fraction of sp³-hybridized carbons (Fsp3) is 0.952. The van der Waals surface area contributed by atoms with E-state index in [-0.39, 0.29) is 12.1 Å². The van der Waals surface area contributed by atoms with Gasteiger partial charge in [0, 0.05) is 13.1 Å². The first kappa shape index (κ1) is 21.8. The van der Waals surface area contributed by atoms with E-state index in [1.54, 1.807) is 0 Å². The molecule has 0 aromatic carbocycles. The van der Waals surface area contributed by atoms with Gasteiger partial charge in [0.05, 0.1) is 12.1 Å². The molecule has 0 aromatic heterocycles. The van der Waals surface area contributed by atoms with E-state index in [4.69, 9.17) is 0 Å². The summed E-state index contributed by atoms with van der Waals surface area (Å²) in [7, 11) is 8.37. The highest BCUT2D eigenvalue weighted by molar-refractivity contribution is 5.89. The third-order valence-corrected chi connectivity index (χ3v) is 6.25. The van der Waals surface area contributed by atoms with Crippen LogP contribution in [0, 0.1) is 11.8 Å². The molecule has 152 valence electrons. The van der Waals surface area contributed by atoms with Crippen LogP contribution >= 0.6 is 0 Å². The number of hydrogen-bond acceptors (Lipinski definition) is 5. The lowest BCUT2D eigenvalue weighted by Gasteiger charge is -2.42. The Morgan fingerprint density at radius 3 is 1.35 bits per heavy atom. The van der Waals surface area contributed by atoms with E-state index in [2.05, 4.69) is 61.6 Å². The van der Waals surface area contributed by atoms with Crippen molar-refractivity contribution in [2.75, 3.05) is 67.5 Å². The van der Waals surface area contributed by atoms with Crippen LogP contribution in [0.2, 0.25) is 0 Å². The summed E-state index contributed by atoms with van der Waals surface area (Å²) in [6, 6.07) is 0.0589. The quantitative estimate of drug-likeness (QED) is 0.654. The molecule has 2 aliphatic heterocycles. The standard InChI is InChI=1S/C21H42N4O/c1-17-7-11-24(12-8-17)19(15-22(3)4)21(26)20(16-23(5)6)25-13-9-18(2)10-14-25/h17-20H,7-16H2,1-6H3. The average molecular weight is 367 g/mol. The SMILES string of the molecule is CC1CCN(C(CN(C)C)C(=O)C(CN(C)C)N2CCC(C)CC2)CC1. The summed E-state index contributed by atoms with van der Waals surface area (Å²) in [5.41, 5.74) is 0. The minimum Gasteiger partial charge on any atom is -0.307 e. The summed E-state index contributed by atoms with van der Waals surface area (Å²) in [6.07, 6.45) is 4.88. The van der Waals surface area contributed by atoms with E-state index in [0.717, 1.165) is 51.1 Å². The Kier molecular flexibility index (Phi) is 8.52. The second kappa shape index (κ2) is 10.2. The summed E-state index contributed by atoms with van der Waals surface area (Å²) < 4.78 is 0. The highest BCUT2D eigenvalue weighted by atomic mass is 16.1. The van der Waals surface area contributed by atoms with E-state index in [9.17, 15) is 4.79 Å². The van der Waals surface area contributed by atoms with Gasteiger partial charge in [0.1, 0.15) is 0 Å². The molecule has 0 bridgehead atoms. The molecule has 2 fully saturated rings. The van der Waals surface area contributed by atoms with Gasteiger partial charge in [-0.3, -0.25) is 14.6 Å². The Morgan fingerprint density at radius 1 is 0.769 bits per heavy atom. The highest BCUT2D eigenvalue weighted by Crippen LogP contribution is 2.23. The van der Waals surface area contributed by atoms with Gasteiger partial charge >= 0.3 is 0 Å². The molecule has 2 saturated heterocycles. The van der Waals surface area contributed by atoms with Crippen molar-refractivity contribution >= 4 is 5.78 Å². The summed E-state index contributed by atoms with van der Waals surface area (Å²) in [4.78, 5) is 23.1. The minimum atomic E-state index is 0.0294. The molecule has 2 rings (SSSR count). The predicted molar refractivity (Wildman–Crippen MR) is 110 cm³/mol. The van der Waals surface area contributed by atoms with Crippen LogP contribution < -0.4 is 0 Å². The van der Waals surface area contributed by atoms with Crippen LogP contribution in [0.3, 0.4) is 0 Å². The van der Waals surface area contributed by atoms with E-state index < -0.39 is 0 Å². The summed E-state index contributed by atoms with van der Waals surface area (Å²) in [5, 5.41) is 0. The number of rotatable bonds is 8. The van der Waals surface area contributed by atoms with Gasteiger partial charge in [-0.15, -0.1) is 0 Å². The lowest BCUT2D eigenvalue weighted by atomic mass is 9.92. The molecule has 2 atom stereocenters. The van der Waals surface area contributed by atoms with Gasteiger partial charge in [-0.25, -0.2) is 0 Å². The number of carbonyl (C=O) groups excluding carboxylic acids is 1. The Balaban J connectivity index is 2.14. The number of Topliss-reactive ketones (excluding diaryl/α,β-unsaturated/α-hetero) is 1. The summed E-state index contributed by atoms with van der Waals surface area (Å²) >= 11 is 0. The highest BCUT2D eigenvalue weighted by Gasteiger charge is 2.37. The van der Waals surface area contributed by atoms with Gasteiger partial charge in [-0.1, -0.05) is 13.8 Å². The lowest BCUT2D eigenvalue weighted by molar-refractivity contribution is -0.132. The topological polar surface area (TPSA) is 30.0 Å². The molecule has 0 N–H and O–H groups in total. The number of ketones is 1. The maximum absolute atomic E-state index is 13.7. The van der Waals surface area contributed by atoms with Crippen molar-refractivity contribution in [1.82, 2.24) is 19.6 Å². The first-order valence-corrected chi connectivity index (χ1v) is 10.6. The smallest absolute Gasteiger partial charge is 0.169 e. The van der Waals surface area contributed by atoms with Crippen molar-refractivity contribution in [3.8, 4) is 0 Å². The zero-order valence-corrected chi connectivity index (χ0v) is 18.1. The average Bonchev–Trinajstić information content (AvgIpc) is 2.58. The normalized spacial score (nSPS) is 24.3. The van der Waals surface area contributed by atoms with Gasteiger partial charge in [0.25, 0.3) is 0 Å². The largest absolute Gasteiger partial charge is 0.307 e. The summed E-state index contributed by atoms with van der Waals surface area (Å²) in [6.45, 7) is 10.6. The first-order valence-electron chi connectivity index (χ1n) is 10.6. The molecular formula is C21H42N4O. The van der Waals surface area contributed by atoms with Crippen molar-refractivity contribution in [3.05, 3.63) is 0 Å². The first-order chi connectivity index (χ1) is 12.3. The van der Waals surface area contributed by atoms with Crippen molar-refractivity contribution in [2.45, 2.75) is 51.6 Å². The fourth-order valence-electron chi connectivity index (χ4n) is 4.37. The lowest BCUT2D eigenvalue weighted by Crippen LogP contribution is -2.59. The van der Waals surface area contributed by atoms with Crippen molar-refractivity contribution in [2.24, 2.45) is 11.8 Å². The molecule has 2 aliphatic rings. The van der Waals surface area contributed by atoms with Crippen LogP contribution in [0.15, 0.2) is 0 Å². The number of likely N-dealkylation sites (tertiary alicyclic amines) is 2. The molecule has 0 saturated carbocycles. The third-order valence-electron chi connectivity index (χ3n) is 6.25. The van der Waals surface area contributed by atoms with Crippen LogP contribution in [-0.2, 0) is 4.79 Å². The molecule has 5 heteroatoms. The van der Waals surface area contributed by atoms with Crippen LogP contribution in [0.4, 0.5) is 0 Å². The zero-order chi connectivity index (χ0) is 19.3. The van der Waals surface area contributed by atoms with Crippen molar-refractivity contribution in [1.29, 1.82) is 0 Å². The van der Waals surface area contributed by atoms with Crippen LogP contribution in [0.25, 0.3) is 0 Å². The van der Waals surface area contributed by atoms with Crippen molar-refractivity contribution in [3.63, 3.8) is 0 Å². The van der Waals surface area contributed by atoms with Crippen LogP contribution in [0.5, 0.6) is 0 Å². The number of nitrogens with zero attached hydrogens (tertiary/aromatic N) is 4.